The van der Waals surface area contributed by atoms with Crippen LogP contribution in [0.15, 0.2) is 23.4 Å². The van der Waals surface area contributed by atoms with Crippen LogP contribution < -0.4 is 15.8 Å². The van der Waals surface area contributed by atoms with Crippen LogP contribution in [0.5, 0.6) is 5.75 Å². The Kier molecular flexibility index (Phi) is 6.78. The van der Waals surface area contributed by atoms with Gasteiger partial charge in [0, 0.05) is 20.2 Å². The van der Waals surface area contributed by atoms with Gasteiger partial charge in [-0.15, -0.1) is 0 Å². The number of benzene rings is 1. The number of nitrogens with one attached hydrogen (secondary N) is 1. The fourth-order valence-corrected chi connectivity index (χ4v) is 1.75. The summed E-state index contributed by atoms with van der Waals surface area (Å²) in [5, 5.41) is 24.2. The molecule has 1 rings (SSSR count). The van der Waals surface area contributed by atoms with Gasteiger partial charge >= 0.3 is 0 Å². The number of amidine groups is 1. The maximum Gasteiger partial charge on any atom is 0.173 e. The quantitative estimate of drug-likeness (QED) is 0.229. The number of oxime groups is 1. The number of methoxy groups -OCH3 is 2. The first kappa shape index (κ1) is 16.2. The van der Waals surface area contributed by atoms with Gasteiger partial charge in [0.05, 0.1) is 25.4 Å². The number of nitrogens with two attached hydrogens (primary N) is 1. The van der Waals surface area contributed by atoms with Gasteiger partial charge in [-0.2, -0.15) is 0 Å². The number of nitrogens with zero attached hydrogens (tertiary/aromatic N) is 1. The zero-order chi connectivity index (χ0) is 15.0. The van der Waals surface area contributed by atoms with Crippen molar-refractivity contribution in [3.05, 3.63) is 29.3 Å². The SMILES string of the molecule is COCC(O)CNCc1ccc(/C(N)=N/O)c(OC)c1. The molecule has 7 nitrogen and oxygen atoms in total. The topological polar surface area (TPSA) is 109 Å². The van der Waals surface area contributed by atoms with Crippen molar-refractivity contribution in [1.82, 2.24) is 5.32 Å². The Bertz CT molecular complexity index is 451. The molecule has 0 radical (unpaired) electrons. The summed E-state index contributed by atoms with van der Waals surface area (Å²) in [5.41, 5.74) is 7.04. The zero-order valence-electron chi connectivity index (χ0n) is 11.7. The monoisotopic (exact) mass is 283 g/mol. The van der Waals surface area contributed by atoms with Crippen molar-refractivity contribution >= 4 is 5.84 Å². The van der Waals surface area contributed by atoms with Crippen LogP contribution in [-0.4, -0.2) is 49.6 Å². The minimum absolute atomic E-state index is 0.00289. The predicted molar refractivity (Wildman–Crippen MR) is 75.1 cm³/mol. The molecule has 7 heteroatoms. The average molecular weight is 283 g/mol. The first-order chi connectivity index (χ1) is 9.62. The fraction of sp³-hybridized carbons (Fsp3) is 0.462. The van der Waals surface area contributed by atoms with E-state index in [0.29, 0.717) is 31.0 Å². The number of aliphatic hydroxyl groups excluding tert-OH is 1. The van der Waals surface area contributed by atoms with Gasteiger partial charge in [-0.25, -0.2) is 0 Å². The van der Waals surface area contributed by atoms with Crippen molar-refractivity contribution in [3.8, 4) is 5.75 Å². The van der Waals surface area contributed by atoms with Gasteiger partial charge in [0.1, 0.15) is 5.75 Å². The van der Waals surface area contributed by atoms with E-state index in [-0.39, 0.29) is 5.84 Å². The van der Waals surface area contributed by atoms with Gasteiger partial charge in [0.25, 0.3) is 0 Å². The van der Waals surface area contributed by atoms with Gasteiger partial charge < -0.3 is 30.8 Å². The molecule has 1 unspecified atom stereocenters. The molecule has 1 atom stereocenters. The Morgan fingerprint density at radius 2 is 2.20 bits per heavy atom. The molecule has 1 aromatic rings. The van der Waals surface area contributed by atoms with E-state index in [0.717, 1.165) is 5.56 Å². The van der Waals surface area contributed by atoms with Crippen LogP contribution in [0.4, 0.5) is 0 Å². The van der Waals surface area contributed by atoms with Crippen LogP contribution in [0, 0.1) is 0 Å². The standard InChI is InChI=1S/C13H21N3O4/c1-19-8-10(17)7-15-6-9-3-4-11(13(14)16-18)12(5-9)20-2/h3-5,10,15,17-18H,6-8H2,1-2H3,(H2,14,16). The van der Waals surface area contributed by atoms with Crippen molar-refractivity contribution < 1.29 is 19.8 Å². The highest BCUT2D eigenvalue weighted by atomic mass is 16.5. The molecule has 0 bridgehead atoms. The molecule has 1 aromatic carbocycles. The second-order valence-electron chi connectivity index (χ2n) is 4.26. The third kappa shape index (κ3) is 4.69. The van der Waals surface area contributed by atoms with Gasteiger partial charge in [-0.05, 0) is 17.7 Å². The third-order valence-electron chi connectivity index (χ3n) is 2.72. The van der Waals surface area contributed by atoms with Crippen molar-refractivity contribution in [2.45, 2.75) is 12.6 Å². The molecule has 0 amide bonds. The smallest absolute Gasteiger partial charge is 0.173 e. The van der Waals surface area contributed by atoms with Crippen molar-refractivity contribution in [3.63, 3.8) is 0 Å². The van der Waals surface area contributed by atoms with E-state index in [9.17, 15) is 5.11 Å². The van der Waals surface area contributed by atoms with Gasteiger partial charge in [0.2, 0.25) is 0 Å². The molecular formula is C13H21N3O4. The highest BCUT2D eigenvalue weighted by Crippen LogP contribution is 2.20. The van der Waals surface area contributed by atoms with E-state index in [1.54, 1.807) is 19.2 Å². The molecule has 5 N–H and O–H groups in total. The van der Waals surface area contributed by atoms with Crippen LogP contribution in [0.25, 0.3) is 0 Å². The molecule has 0 fully saturated rings. The molecule has 0 aliphatic rings. The van der Waals surface area contributed by atoms with E-state index in [1.807, 2.05) is 6.07 Å². The molecule has 0 aliphatic heterocycles. The summed E-state index contributed by atoms with van der Waals surface area (Å²) in [7, 11) is 3.06. The van der Waals surface area contributed by atoms with E-state index in [2.05, 4.69) is 10.5 Å². The van der Waals surface area contributed by atoms with Crippen LogP contribution in [0.2, 0.25) is 0 Å². The Morgan fingerprint density at radius 1 is 1.45 bits per heavy atom. The third-order valence-corrected chi connectivity index (χ3v) is 2.72. The summed E-state index contributed by atoms with van der Waals surface area (Å²) in [6.45, 7) is 1.28. The molecule has 0 aliphatic carbocycles. The largest absolute Gasteiger partial charge is 0.496 e. The average Bonchev–Trinajstić information content (AvgIpc) is 2.46. The van der Waals surface area contributed by atoms with E-state index >= 15 is 0 Å². The maximum absolute atomic E-state index is 9.50. The second kappa shape index (κ2) is 8.36. The van der Waals surface area contributed by atoms with Crippen LogP contribution in [0.3, 0.4) is 0 Å². The van der Waals surface area contributed by atoms with Crippen LogP contribution in [0.1, 0.15) is 11.1 Å². The van der Waals surface area contributed by atoms with Crippen molar-refractivity contribution in [1.29, 1.82) is 0 Å². The predicted octanol–water partition coefficient (Wildman–Crippen LogP) is -0.113. The zero-order valence-corrected chi connectivity index (χ0v) is 11.7. The highest BCUT2D eigenvalue weighted by Gasteiger charge is 2.09. The molecule has 0 heterocycles. The summed E-state index contributed by atoms with van der Waals surface area (Å²) in [4.78, 5) is 0. The van der Waals surface area contributed by atoms with Crippen LogP contribution >= 0.6 is 0 Å². The molecule has 20 heavy (non-hydrogen) atoms. The molecular weight excluding hydrogens is 262 g/mol. The van der Waals surface area contributed by atoms with E-state index in [4.69, 9.17) is 20.4 Å². The van der Waals surface area contributed by atoms with Gasteiger partial charge in [0.15, 0.2) is 5.84 Å². The summed E-state index contributed by atoms with van der Waals surface area (Å²) in [6, 6.07) is 5.35. The Morgan fingerprint density at radius 3 is 2.80 bits per heavy atom. The molecule has 112 valence electrons. The number of ether oxygens (including phenoxy) is 2. The molecule has 0 saturated heterocycles. The summed E-state index contributed by atoms with van der Waals surface area (Å²) < 4.78 is 10.0. The Balaban J connectivity index is 2.64. The molecule has 0 aromatic heterocycles. The number of hydrogen-bond acceptors (Lipinski definition) is 6. The number of hydrogen-bond donors (Lipinski definition) is 4. The summed E-state index contributed by atoms with van der Waals surface area (Å²) in [5.74, 6) is 0.522. The lowest BCUT2D eigenvalue weighted by atomic mass is 10.1. The molecule has 0 spiro atoms. The fourth-order valence-electron chi connectivity index (χ4n) is 1.75. The maximum atomic E-state index is 9.50. The minimum Gasteiger partial charge on any atom is -0.496 e. The minimum atomic E-state index is -0.543. The van der Waals surface area contributed by atoms with E-state index in [1.165, 1.54) is 7.11 Å². The van der Waals surface area contributed by atoms with Crippen molar-refractivity contribution in [2.24, 2.45) is 10.9 Å². The van der Waals surface area contributed by atoms with Gasteiger partial charge in [-0.3, -0.25) is 0 Å². The number of rotatable bonds is 8. The Labute approximate surface area is 118 Å². The number of aliphatic hydroxyl groups is 1. The lowest BCUT2D eigenvalue weighted by Gasteiger charge is -2.12. The normalized spacial score (nSPS) is 13.2. The lowest BCUT2D eigenvalue weighted by Crippen LogP contribution is -2.29. The van der Waals surface area contributed by atoms with E-state index < -0.39 is 6.10 Å². The Hall–Kier alpha value is -1.83. The highest BCUT2D eigenvalue weighted by molar-refractivity contribution is 5.99. The second-order valence-corrected chi connectivity index (χ2v) is 4.26. The first-order valence-electron chi connectivity index (χ1n) is 6.14. The van der Waals surface area contributed by atoms with Gasteiger partial charge in [-0.1, -0.05) is 11.2 Å². The van der Waals surface area contributed by atoms with Crippen molar-refractivity contribution in [2.75, 3.05) is 27.4 Å². The molecule has 0 saturated carbocycles. The van der Waals surface area contributed by atoms with Crippen LogP contribution in [-0.2, 0) is 11.3 Å². The lowest BCUT2D eigenvalue weighted by molar-refractivity contribution is 0.0644. The first-order valence-corrected chi connectivity index (χ1v) is 6.14. The summed E-state index contributed by atoms with van der Waals surface area (Å²) >= 11 is 0. The summed E-state index contributed by atoms with van der Waals surface area (Å²) in [6.07, 6.45) is -0.543.